The van der Waals surface area contributed by atoms with E-state index in [4.69, 9.17) is 11.6 Å². The Labute approximate surface area is 148 Å². The van der Waals surface area contributed by atoms with Crippen LogP contribution in [-0.4, -0.2) is 27.1 Å². The van der Waals surface area contributed by atoms with E-state index in [2.05, 4.69) is 25.6 Å². The highest BCUT2D eigenvalue weighted by Crippen LogP contribution is 2.31. The molecule has 24 heavy (non-hydrogen) atoms. The van der Waals surface area contributed by atoms with Gasteiger partial charge in [0.15, 0.2) is 5.13 Å². The molecule has 0 fully saturated rings. The molecular weight excluding hydrogens is 346 g/mol. The monoisotopic (exact) mass is 361 g/mol. The van der Waals surface area contributed by atoms with Crippen LogP contribution in [0.1, 0.15) is 11.3 Å². The lowest BCUT2D eigenvalue weighted by Gasteiger charge is -2.08. The number of hydrogen-bond acceptors (Lipinski definition) is 7. The van der Waals surface area contributed by atoms with Gasteiger partial charge in [0.25, 0.3) is 0 Å². The van der Waals surface area contributed by atoms with Crippen molar-refractivity contribution in [3.63, 3.8) is 0 Å². The number of aliphatic hydroxyl groups excluding tert-OH is 1. The summed E-state index contributed by atoms with van der Waals surface area (Å²) in [6, 6.07) is 7.17. The first kappa shape index (κ1) is 16.6. The first-order valence-electron chi connectivity index (χ1n) is 7.25. The molecule has 0 aliphatic heterocycles. The Bertz CT molecular complexity index is 867. The number of rotatable bonds is 5. The number of aryl methyl sites for hydroxylation is 1. The quantitative estimate of drug-likeness (QED) is 0.640. The zero-order valence-corrected chi connectivity index (χ0v) is 14.7. The summed E-state index contributed by atoms with van der Waals surface area (Å²) in [5.41, 5.74) is 3.13. The fraction of sp³-hybridized carbons (Fsp3) is 0.188. The van der Waals surface area contributed by atoms with Crippen LogP contribution in [0.4, 0.5) is 16.8 Å². The molecule has 0 aliphatic rings. The maximum atomic E-state index is 9.30. The number of anilines is 3. The summed E-state index contributed by atoms with van der Waals surface area (Å²) in [5, 5.41) is 16.9. The number of benzene rings is 1. The third-order valence-electron chi connectivity index (χ3n) is 3.37. The molecule has 6 nitrogen and oxygen atoms in total. The molecule has 0 saturated carbocycles. The van der Waals surface area contributed by atoms with Crippen LogP contribution >= 0.6 is 22.9 Å². The van der Waals surface area contributed by atoms with Crippen LogP contribution in [0, 0.1) is 6.92 Å². The van der Waals surface area contributed by atoms with Crippen molar-refractivity contribution in [3.05, 3.63) is 46.7 Å². The van der Waals surface area contributed by atoms with Gasteiger partial charge in [-0.25, -0.2) is 15.0 Å². The van der Waals surface area contributed by atoms with Crippen LogP contribution < -0.4 is 10.6 Å². The molecule has 3 N–H and O–H groups in total. The molecular formula is C16H16ClN5OS. The maximum absolute atomic E-state index is 9.30. The second-order valence-electron chi connectivity index (χ2n) is 5.04. The average molecular weight is 362 g/mol. The maximum Gasteiger partial charge on any atom is 0.227 e. The van der Waals surface area contributed by atoms with Crippen molar-refractivity contribution in [2.75, 3.05) is 17.7 Å². The highest BCUT2D eigenvalue weighted by Gasteiger charge is 2.11. The summed E-state index contributed by atoms with van der Waals surface area (Å²) in [7, 11) is 1.84. The molecule has 8 heteroatoms. The van der Waals surface area contributed by atoms with Crippen LogP contribution in [-0.2, 0) is 6.61 Å². The Hall–Kier alpha value is -2.22. The number of halogens is 1. The van der Waals surface area contributed by atoms with Crippen LogP contribution in [0.2, 0.25) is 5.02 Å². The molecule has 0 unspecified atom stereocenters. The highest BCUT2D eigenvalue weighted by atomic mass is 35.5. The van der Waals surface area contributed by atoms with E-state index in [-0.39, 0.29) is 6.61 Å². The molecule has 1 aromatic carbocycles. The van der Waals surface area contributed by atoms with Gasteiger partial charge in [-0.05, 0) is 36.8 Å². The van der Waals surface area contributed by atoms with E-state index in [1.807, 2.05) is 26.1 Å². The third-order valence-corrected chi connectivity index (χ3v) is 4.94. The first-order valence-corrected chi connectivity index (χ1v) is 8.45. The van der Waals surface area contributed by atoms with Gasteiger partial charge in [0.2, 0.25) is 5.95 Å². The van der Waals surface area contributed by atoms with Crippen LogP contribution in [0.5, 0.6) is 0 Å². The van der Waals surface area contributed by atoms with Crippen LogP contribution in [0.25, 0.3) is 10.6 Å². The van der Waals surface area contributed by atoms with Crippen molar-refractivity contribution in [1.82, 2.24) is 15.0 Å². The summed E-state index contributed by atoms with van der Waals surface area (Å²) in [4.78, 5) is 14.2. The summed E-state index contributed by atoms with van der Waals surface area (Å²) >= 11 is 7.55. The van der Waals surface area contributed by atoms with Crippen molar-refractivity contribution in [1.29, 1.82) is 0 Å². The van der Waals surface area contributed by atoms with E-state index in [0.717, 1.165) is 27.1 Å². The first-order chi connectivity index (χ1) is 11.6. The number of aliphatic hydroxyl groups is 1. The van der Waals surface area contributed by atoms with Crippen molar-refractivity contribution < 1.29 is 5.11 Å². The van der Waals surface area contributed by atoms with Gasteiger partial charge < -0.3 is 15.7 Å². The van der Waals surface area contributed by atoms with E-state index in [9.17, 15) is 5.11 Å². The van der Waals surface area contributed by atoms with Gasteiger partial charge in [-0.2, -0.15) is 0 Å². The van der Waals surface area contributed by atoms with E-state index < -0.39 is 0 Å². The zero-order valence-electron chi connectivity index (χ0n) is 13.2. The standard InChI is InChI=1S/C16H16ClN5OS/c1-9-14(24-16(18-2)20-9)13-5-6-19-15(22-13)21-11-3-4-12(17)10(7-11)8-23/h3-7,23H,8H2,1-2H3,(H,18,20)(H,19,21,22). The molecule has 3 aromatic rings. The van der Waals surface area contributed by atoms with E-state index >= 15 is 0 Å². The molecule has 0 amide bonds. The van der Waals surface area contributed by atoms with Gasteiger partial charge in [-0.15, -0.1) is 0 Å². The van der Waals surface area contributed by atoms with E-state index in [1.54, 1.807) is 29.7 Å². The molecule has 2 heterocycles. The van der Waals surface area contributed by atoms with Gasteiger partial charge in [-0.3, -0.25) is 0 Å². The SMILES string of the molecule is CNc1nc(C)c(-c2ccnc(Nc3ccc(Cl)c(CO)c3)n2)s1. The van der Waals surface area contributed by atoms with Crippen molar-refractivity contribution >= 4 is 39.7 Å². The third kappa shape index (κ3) is 3.48. The van der Waals surface area contributed by atoms with Gasteiger partial charge in [0.05, 0.1) is 22.9 Å². The van der Waals surface area contributed by atoms with Gasteiger partial charge in [0.1, 0.15) is 0 Å². The molecule has 0 spiro atoms. The van der Waals surface area contributed by atoms with Crippen molar-refractivity contribution in [2.24, 2.45) is 0 Å². The minimum absolute atomic E-state index is 0.123. The predicted octanol–water partition coefficient (Wildman–Crippen LogP) is 3.84. The Morgan fingerprint density at radius 2 is 2.08 bits per heavy atom. The normalized spacial score (nSPS) is 10.7. The lowest BCUT2D eigenvalue weighted by molar-refractivity contribution is 0.282. The predicted molar refractivity (Wildman–Crippen MR) is 98.1 cm³/mol. The molecule has 3 rings (SSSR count). The van der Waals surface area contributed by atoms with E-state index in [1.165, 1.54) is 0 Å². The van der Waals surface area contributed by atoms with Crippen LogP contribution in [0.3, 0.4) is 0 Å². The highest BCUT2D eigenvalue weighted by molar-refractivity contribution is 7.19. The van der Waals surface area contributed by atoms with Gasteiger partial charge in [-0.1, -0.05) is 22.9 Å². The van der Waals surface area contributed by atoms with Crippen molar-refractivity contribution in [3.8, 4) is 10.6 Å². The second-order valence-corrected chi connectivity index (χ2v) is 6.44. The number of nitrogens with zero attached hydrogens (tertiary/aromatic N) is 3. The molecule has 124 valence electrons. The van der Waals surface area contributed by atoms with Gasteiger partial charge in [0, 0.05) is 24.0 Å². The molecule has 0 atom stereocenters. The van der Waals surface area contributed by atoms with E-state index in [0.29, 0.717) is 16.5 Å². The molecule has 0 saturated heterocycles. The average Bonchev–Trinajstić information content (AvgIpc) is 2.98. The lowest BCUT2D eigenvalue weighted by Crippen LogP contribution is -1.98. The number of hydrogen-bond donors (Lipinski definition) is 3. The number of thiazole rings is 1. The largest absolute Gasteiger partial charge is 0.392 e. The fourth-order valence-electron chi connectivity index (χ4n) is 2.19. The molecule has 0 aliphatic carbocycles. The summed E-state index contributed by atoms with van der Waals surface area (Å²) in [6.45, 7) is 1.83. The minimum atomic E-state index is -0.123. The Balaban J connectivity index is 1.89. The van der Waals surface area contributed by atoms with Crippen molar-refractivity contribution in [2.45, 2.75) is 13.5 Å². The molecule has 0 radical (unpaired) electrons. The number of aromatic nitrogens is 3. The molecule has 2 aromatic heterocycles. The Morgan fingerprint density at radius 1 is 1.25 bits per heavy atom. The second kappa shape index (κ2) is 7.12. The fourth-order valence-corrected chi connectivity index (χ4v) is 3.26. The smallest absolute Gasteiger partial charge is 0.227 e. The topological polar surface area (TPSA) is 83.0 Å². The Kier molecular flexibility index (Phi) is 4.94. The van der Waals surface area contributed by atoms with Gasteiger partial charge >= 0.3 is 0 Å². The zero-order chi connectivity index (χ0) is 17.1. The lowest BCUT2D eigenvalue weighted by atomic mass is 10.2. The Morgan fingerprint density at radius 3 is 2.79 bits per heavy atom. The summed E-state index contributed by atoms with van der Waals surface area (Å²) in [6.07, 6.45) is 1.70. The number of nitrogens with one attached hydrogen (secondary N) is 2. The molecule has 0 bridgehead atoms. The minimum Gasteiger partial charge on any atom is -0.392 e. The summed E-state index contributed by atoms with van der Waals surface area (Å²) in [5.74, 6) is 0.470. The summed E-state index contributed by atoms with van der Waals surface area (Å²) < 4.78 is 0. The van der Waals surface area contributed by atoms with Crippen LogP contribution in [0.15, 0.2) is 30.5 Å².